The Labute approximate surface area is 201 Å². The number of non-ortho nitro benzene ring substituents is 1. The van der Waals surface area contributed by atoms with Gasteiger partial charge in [-0.15, -0.1) is 23.2 Å². The molecule has 2 saturated carbocycles. The quantitative estimate of drug-likeness (QED) is 0.308. The third-order valence-electron chi connectivity index (χ3n) is 5.70. The van der Waals surface area contributed by atoms with E-state index < -0.39 is 57.7 Å². The number of nitro groups is 1. The number of nitro benzene ring substituents is 1. The summed E-state index contributed by atoms with van der Waals surface area (Å²) in [5.41, 5.74) is 0.731. The number of alkyl halides is 4. The van der Waals surface area contributed by atoms with Crippen molar-refractivity contribution >= 4 is 58.0 Å². The van der Waals surface area contributed by atoms with Crippen molar-refractivity contribution in [3.8, 4) is 0 Å². The number of anilines is 1. The van der Waals surface area contributed by atoms with Crippen LogP contribution in [0, 0.1) is 16.0 Å². The van der Waals surface area contributed by atoms with Crippen LogP contribution in [0.2, 0.25) is 5.02 Å². The first kappa shape index (κ1) is 23.7. The number of hydrogen-bond donors (Lipinski definition) is 2. The zero-order valence-electron chi connectivity index (χ0n) is 16.7. The SMILES string of the molecule is O=C(NC1CC(F)(F)C1)c1cc(NC(=O)C2C(c3ccc([N+](=O)[O-])cc3)C2(Cl)Cl)ccc1Cl. The fraction of sp³-hybridized carbons (Fsp3) is 0.333. The first-order chi connectivity index (χ1) is 15.4. The van der Waals surface area contributed by atoms with E-state index in [1.165, 1.54) is 42.5 Å². The van der Waals surface area contributed by atoms with Crippen molar-refractivity contribution in [1.29, 1.82) is 0 Å². The largest absolute Gasteiger partial charge is 0.349 e. The van der Waals surface area contributed by atoms with Crippen LogP contribution in [0.3, 0.4) is 0 Å². The molecule has 4 rings (SSSR count). The van der Waals surface area contributed by atoms with E-state index in [0.29, 0.717) is 5.56 Å². The molecule has 0 saturated heterocycles. The van der Waals surface area contributed by atoms with E-state index in [0.717, 1.165) is 0 Å². The molecular weight excluding hydrogens is 503 g/mol. The Bertz CT molecular complexity index is 1140. The molecule has 2 aromatic rings. The molecule has 2 fully saturated rings. The number of nitrogens with one attached hydrogen (secondary N) is 2. The lowest BCUT2D eigenvalue weighted by Gasteiger charge is -2.35. The van der Waals surface area contributed by atoms with Crippen LogP contribution in [0.1, 0.15) is 34.7 Å². The lowest BCUT2D eigenvalue weighted by molar-refractivity contribution is -0.384. The number of carbonyl (C=O) groups is 2. The van der Waals surface area contributed by atoms with Gasteiger partial charge in [-0.05, 0) is 23.8 Å². The number of halogens is 5. The van der Waals surface area contributed by atoms with Crippen molar-refractivity contribution in [3.05, 3.63) is 68.7 Å². The fourth-order valence-electron chi connectivity index (χ4n) is 3.89. The highest BCUT2D eigenvalue weighted by Gasteiger charge is 2.67. The van der Waals surface area contributed by atoms with E-state index in [2.05, 4.69) is 10.6 Å². The Kier molecular flexibility index (Phi) is 6.01. The van der Waals surface area contributed by atoms with Crippen LogP contribution in [0.15, 0.2) is 42.5 Å². The molecule has 0 radical (unpaired) electrons. The second kappa shape index (κ2) is 8.38. The second-order valence-corrected chi connectivity index (χ2v) is 9.95. The van der Waals surface area contributed by atoms with Crippen molar-refractivity contribution in [2.24, 2.45) is 5.92 Å². The zero-order chi connectivity index (χ0) is 24.1. The van der Waals surface area contributed by atoms with Gasteiger partial charge in [0, 0.05) is 42.6 Å². The van der Waals surface area contributed by atoms with Crippen molar-refractivity contribution < 1.29 is 23.3 Å². The topological polar surface area (TPSA) is 101 Å². The van der Waals surface area contributed by atoms with E-state index in [1.807, 2.05) is 0 Å². The molecule has 0 bridgehead atoms. The van der Waals surface area contributed by atoms with Crippen LogP contribution in [-0.2, 0) is 4.79 Å². The summed E-state index contributed by atoms with van der Waals surface area (Å²) in [7, 11) is 0. The number of rotatable bonds is 6. The van der Waals surface area contributed by atoms with Gasteiger partial charge in [-0.25, -0.2) is 8.78 Å². The molecule has 2 unspecified atom stereocenters. The number of nitrogens with zero attached hydrogens (tertiary/aromatic N) is 1. The Hall–Kier alpha value is -2.49. The molecule has 2 aliphatic carbocycles. The molecule has 12 heteroatoms. The molecule has 33 heavy (non-hydrogen) atoms. The first-order valence-corrected chi connectivity index (χ1v) is 10.9. The molecule has 0 spiro atoms. The number of hydrogen-bond acceptors (Lipinski definition) is 4. The summed E-state index contributed by atoms with van der Waals surface area (Å²) < 4.78 is 24.6. The number of benzene rings is 2. The maximum atomic E-state index is 13.0. The minimum atomic E-state index is -2.78. The van der Waals surface area contributed by atoms with Gasteiger partial charge in [0.05, 0.1) is 21.4 Å². The fourth-order valence-corrected chi connectivity index (χ4v) is 4.93. The Morgan fingerprint density at radius 2 is 1.73 bits per heavy atom. The number of carbonyl (C=O) groups excluding carboxylic acids is 2. The summed E-state index contributed by atoms with van der Waals surface area (Å²) in [5, 5.41) is 16.0. The summed E-state index contributed by atoms with van der Waals surface area (Å²) >= 11 is 18.7. The maximum absolute atomic E-state index is 13.0. The normalized spacial score (nSPS) is 22.7. The standard InChI is InChI=1S/C21H16Cl3F2N3O4/c22-15-6-3-11(7-14(15)18(30)28-12-8-20(25,26)9-12)27-19(31)17-16(21(17,23)24)10-1-4-13(5-2-10)29(32)33/h1-7,12,16-17H,8-9H2,(H,27,31)(H,28,30). The average Bonchev–Trinajstić information content (AvgIpc) is 3.30. The van der Waals surface area contributed by atoms with Crippen LogP contribution < -0.4 is 10.6 Å². The molecule has 0 aliphatic heterocycles. The molecule has 2 N–H and O–H groups in total. The Morgan fingerprint density at radius 1 is 1.09 bits per heavy atom. The predicted molar refractivity (Wildman–Crippen MR) is 119 cm³/mol. The van der Waals surface area contributed by atoms with Crippen LogP contribution in [-0.4, -0.2) is 33.0 Å². The highest BCUT2D eigenvalue weighted by atomic mass is 35.5. The van der Waals surface area contributed by atoms with Gasteiger partial charge in [0.25, 0.3) is 17.5 Å². The highest BCUT2D eigenvalue weighted by molar-refractivity contribution is 6.53. The van der Waals surface area contributed by atoms with Crippen molar-refractivity contribution in [2.45, 2.75) is 35.1 Å². The van der Waals surface area contributed by atoms with Gasteiger partial charge in [0.15, 0.2) is 0 Å². The minimum Gasteiger partial charge on any atom is -0.349 e. The van der Waals surface area contributed by atoms with Crippen LogP contribution >= 0.6 is 34.8 Å². The summed E-state index contributed by atoms with van der Waals surface area (Å²) in [6.07, 6.45) is -0.877. The van der Waals surface area contributed by atoms with Crippen LogP contribution in [0.25, 0.3) is 0 Å². The molecule has 0 heterocycles. The molecule has 0 aromatic heterocycles. The van der Waals surface area contributed by atoms with Crippen molar-refractivity contribution in [1.82, 2.24) is 5.32 Å². The van der Waals surface area contributed by atoms with Crippen molar-refractivity contribution in [2.75, 3.05) is 5.32 Å². The molecule has 2 aromatic carbocycles. The lowest BCUT2D eigenvalue weighted by Crippen LogP contribution is -2.50. The maximum Gasteiger partial charge on any atom is 0.269 e. The lowest BCUT2D eigenvalue weighted by atomic mass is 9.88. The van der Waals surface area contributed by atoms with E-state index in [9.17, 15) is 28.5 Å². The van der Waals surface area contributed by atoms with Crippen LogP contribution in [0.5, 0.6) is 0 Å². The van der Waals surface area contributed by atoms with Crippen LogP contribution in [0.4, 0.5) is 20.2 Å². The van der Waals surface area contributed by atoms with Gasteiger partial charge >= 0.3 is 0 Å². The molecule has 7 nitrogen and oxygen atoms in total. The third kappa shape index (κ3) is 4.76. The van der Waals surface area contributed by atoms with Crippen molar-refractivity contribution in [3.63, 3.8) is 0 Å². The van der Waals surface area contributed by atoms with Gasteiger partial charge in [-0.1, -0.05) is 23.7 Å². The highest BCUT2D eigenvalue weighted by Crippen LogP contribution is 2.65. The summed E-state index contributed by atoms with van der Waals surface area (Å²) in [5.74, 6) is -5.35. The molecular formula is C21H16Cl3F2N3O4. The number of amides is 2. The average molecular weight is 519 g/mol. The minimum absolute atomic E-state index is 0.0235. The van der Waals surface area contributed by atoms with Gasteiger partial charge in [-0.2, -0.15) is 0 Å². The van der Waals surface area contributed by atoms with E-state index in [-0.39, 0.29) is 22.0 Å². The van der Waals surface area contributed by atoms with E-state index >= 15 is 0 Å². The van der Waals surface area contributed by atoms with E-state index in [4.69, 9.17) is 34.8 Å². The summed E-state index contributed by atoms with van der Waals surface area (Å²) in [6.45, 7) is 0. The Morgan fingerprint density at radius 3 is 2.30 bits per heavy atom. The molecule has 2 amide bonds. The second-order valence-electron chi connectivity index (χ2n) is 8.10. The predicted octanol–water partition coefficient (Wildman–Crippen LogP) is 5.30. The van der Waals surface area contributed by atoms with Gasteiger partial charge in [0.1, 0.15) is 4.33 Å². The zero-order valence-corrected chi connectivity index (χ0v) is 18.9. The van der Waals surface area contributed by atoms with Gasteiger partial charge in [-0.3, -0.25) is 19.7 Å². The molecule has 174 valence electrons. The van der Waals surface area contributed by atoms with Gasteiger partial charge < -0.3 is 10.6 Å². The first-order valence-electron chi connectivity index (χ1n) is 9.80. The summed E-state index contributed by atoms with van der Waals surface area (Å²) in [4.78, 5) is 35.5. The summed E-state index contributed by atoms with van der Waals surface area (Å²) in [6, 6.07) is 9.14. The smallest absolute Gasteiger partial charge is 0.269 e. The van der Waals surface area contributed by atoms with E-state index in [1.54, 1.807) is 0 Å². The monoisotopic (exact) mass is 517 g/mol. The molecule has 2 aliphatic rings. The van der Waals surface area contributed by atoms with Gasteiger partial charge in [0.2, 0.25) is 5.91 Å². The Balaban J connectivity index is 1.44. The third-order valence-corrected chi connectivity index (χ3v) is 6.97. The molecule has 2 atom stereocenters.